The minimum atomic E-state index is 0.165. The number of nitrogens with one attached hydrogen (secondary N) is 1. The van der Waals surface area contributed by atoms with E-state index in [9.17, 15) is 0 Å². The van der Waals surface area contributed by atoms with Gasteiger partial charge in [0.05, 0.1) is 0 Å². The lowest BCUT2D eigenvalue weighted by molar-refractivity contribution is 0.222. The molecule has 2 saturated carbocycles. The van der Waals surface area contributed by atoms with Gasteiger partial charge in [0.15, 0.2) is 0 Å². The van der Waals surface area contributed by atoms with E-state index in [2.05, 4.69) is 26.1 Å². The van der Waals surface area contributed by atoms with Crippen LogP contribution in [0.3, 0.4) is 0 Å². The third-order valence-electron chi connectivity index (χ3n) is 5.03. The summed E-state index contributed by atoms with van der Waals surface area (Å²) in [6.45, 7) is 7.79. The summed E-state index contributed by atoms with van der Waals surface area (Å²) in [5.41, 5.74) is 1.73. The monoisotopic (exact) mass is 325 g/mol. The molecule has 0 aliphatic heterocycles. The van der Waals surface area contributed by atoms with E-state index < -0.39 is 0 Å². The molecule has 2 fully saturated rings. The lowest BCUT2D eigenvalue weighted by Crippen LogP contribution is -2.44. The van der Waals surface area contributed by atoms with Crippen LogP contribution in [0.25, 0.3) is 0 Å². The molecule has 0 aromatic heterocycles. The number of fused-ring (bicyclic) bond motifs is 1. The second-order valence-corrected chi connectivity index (χ2v) is 9.02. The van der Waals surface area contributed by atoms with Crippen LogP contribution in [0.5, 0.6) is 0 Å². The number of rotatable bonds is 4. The molecule has 3 heteroatoms. The average Bonchev–Trinajstić information content (AvgIpc) is 2.99. The molecule has 1 nitrogen and oxygen atoms in total. The highest BCUT2D eigenvalue weighted by atomic mass is 35.5. The van der Waals surface area contributed by atoms with Crippen molar-refractivity contribution in [3.8, 4) is 0 Å². The van der Waals surface area contributed by atoms with E-state index in [1.54, 1.807) is 0 Å². The Bertz CT molecular complexity index is 523. The summed E-state index contributed by atoms with van der Waals surface area (Å²) in [4.78, 5) is 0. The molecule has 0 radical (unpaired) electrons. The summed E-state index contributed by atoms with van der Waals surface area (Å²) in [7, 11) is 0. The largest absolute Gasteiger partial charge is 0.312 e. The first-order valence-electron chi connectivity index (χ1n) is 7.95. The molecule has 3 rings (SSSR count). The summed E-state index contributed by atoms with van der Waals surface area (Å²) in [5.74, 6) is 1.93. The normalized spacial score (nSPS) is 31.3. The van der Waals surface area contributed by atoms with Crippen LogP contribution in [0, 0.1) is 17.3 Å². The number of hydrogen-bond acceptors (Lipinski definition) is 1. The molecule has 2 aliphatic rings. The lowest BCUT2D eigenvalue weighted by atomic mass is 9.77. The zero-order valence-corrected chi connectivity index (χ0v) is 14.7. The van der Waals surface area contributed by atoms with E-state index in [1.807, 2.05) is 18.2 Å². The first-order valence-corrected chi connectivity index (χ1v) is 8.71. The fourth-order valence-electron chi connectivity index (χ4n) is 3.89. The second kappa shape index (κ2) is 5.44. The topological polar surface area (TPSA) is 12.0 Å². The van der Waals surface area contributed by atoms with E-state index in [0.717, 1.165) is 34.8 Å². The highest BCUT2D eigenvalue weighted by Gasteiger charge is 2.53. The van der Waals surface area contributed by atoms with Gasteiger partial charge in [-0.2, -0.15) is 0 Å². The molecule has 2 unspecified atom stereocenters. The van der Waals surface area contributed by atoms with Gasteiger partial charge in [-0.05, 0) is 87.5 Å². The van der Waals surface area contributed by atoms with Crippen molar-refractivity contribution >= 4 is 23.2 Å². The van der Waals surface area contributed by atoms with Crippen molar-refractivity contribution in [2.45, 2.75) is 52.0 Å². The highest BCUT2D eigenvalue weighted by Crippen LogP contribution is 2.61. The van der Waals surface area contributed by atoms with Crippen LogP contribution in [0.1, 0.15) is 45.6 Å². The molecule has 0 saturated heterocycles. The summed E-state index contributed by atoms with van der Waals surface area (Å²) in [6, 6.07) is 5.85. The van der Waals surface area contributed by atoms with Crippen molar-refractivity contribution in [2.24, 2.45) is 17.3 Å². The molecule has 21 heavy (non-hydrogen) atoms. The zero-order valence-electron chi connectivity index (χ0n) is 13.2. The number of hydrogen-bond donors (Lipinski definition) is 1. The van der Waals surface area contributed by atoms with Crippen LogP contribution in [0.4, 0.5) is 0 Å². The molecule has 0 amide bonds. The molecule has 2 atom stereocenters. The maximum Gasteiger partial charge on any atom is 0.0439 e. The standard InChI is InChI=1S/C18H25Cl2N/c1-17(2,3)21-11-18(8-12-6-13(12)9-18)10-14-7-15(19)4-5-16(14)20/h4-5,7,12-13,21H,6,8-11H2,1-3H3. The second-order valence-electron chi connectivity index (χ2n) is 8.18. The van der Waals surface area contributed by atoms with Crippen molar-refractivity contribution in [1.82, 2.24) is 5.32 Å². The number of halogens is 2. The minimum absolute atomic E-state index is 0.165. The Hall–Kier alpha value is -0.240. The molecule has 1 aromatic rings. The summed E-state index contributed by atoms with van der Waals surface area (Å²) in [5, 5.41) is 5.37. The Morgan fingerprint density at radius 3 is 2.48 bits per heavy atom. The predicted molar refractivity (Wildman–Crippen MR) is 91.2 cm³/mol. The van der Waals surface area contributed by atoms with Crippen molar-refractivity contribution in [3.63, 3.8) is 0 Å². The van der Waals surface area contributed by atoms with Gasteiger partial charge in [-0.3, -0.25) is 0 Å². The van der Waals surface area contributed by atoms with Gasteiger partial charge in [0.1, 0.15) is 0 Å². The summed E-state index contributed by atoms with van der Waals surface area (Å²) >= 11 is 12.6. The van der Waals surface area contributed by atoms with Crippen molar-refractivity contribution < 1.29 is 0 Å². The van der Waals surface area contributed by atoms with Gasteiger partial charge in [0.25, 0.3) is 0 Å². The Morgan fingerprint density at radius 1 is 1.19 bits per heavy atom. The third kappa shape index (κ3) is 3.75. The SMILES string of the molecule is CC(C)(C)NCC1(Cc2cc(Cl)ccc2Cl)CC2CC2C1. The number of benzene rings is 1. The fourth-order valence-corrected chi connectivity index (χ4v) is 4.27. The van der Waals surface area contributed by atoms with Crippen LogP contribution in [0.2, 0.25) is 10.0 Å². The first kappa shape index (κ1) is 15.6. The predicted octanol–water partition coefficient (Wildman–Crippen LogP) is 5.34. The Labute approximate surface area is 138 Å². The van der Waals surface area contributed by atoms with E-state index in [1.165, 1.54) is 24.8 Å². The Morgan fingerprint density at radius 2 is 1.86 bits per heavy atom. The van der Waals surface area contributed by atoms with Gasteiger partial charge in [0, 0.05) is 22.1 Å². The van der Waals surface area contributed by atoms with Crippen molar-refractivity contribution in [1.29, 1.82) is 0 Å². The van der Waals surface area contributed by atoms with Crippen LogP contribution < -0.4 is 5.32 Å². The maximum absolute atomic E-state index is 6.40. The molecule has 0 spiro atoms. The third-order valence-corrected chi connectivity index (χ3v) is 5.63. The quantitative estimate of drug-likeness (QED) is 0.787. The summed E-state index contributed by atoms with van der Waals surface area (Å²) < 4.78 is 0. The van der Waals surface area contributed by atoms with Crippen molar-refractivity contribution in [2.75, 3.05) is 6.54 Å². The molecular weight excluding hydrogens is 301 g/mol. The molecule has 0 bridgehead atoms. The van der Waals surface area contributed by atoms with Crippen molar-refractivity contribution in [3.05, 3.63) is 33.8 Å². The van der Waals surface area contributed by atoms with Crippen LogP contribution >= 0.6 is 23.2 Å². The van der Waals surface area contributed by atoms with Gasteiger partial charge < -0.3 is 5.32 Å². The van der Waals surface area contributed by atoms with Gasteiger partial charge in [-0.25, -0.2) is 0 Å². The Balaban J connectivity index is 1.78. The fraction of sp³-hybridized carbons (Fsp3) is 0.667. The van der Waals surface area contributed by atoms with E-state index in [0.29, 0.717) is 5.41 Å². The molecule has 1 N–H and O–H groups in total. The van der Waals surface area contributed by atoms with Crippen LogP contribution in [0.15, 0.2) is 18.2 Å². The molecule has 1 aromatic carbocycles. The van der Waals surface area contributed by atoms with Crippen LogP contribution in [-0.4, -0.2) is 12.1 Å². The molecule has 116 valence electrons. The van der Waals surface area contributed by atoms with Gasteiger partial charge in [-0.1, -0.05) is 23.2 Å². The zero-order chi connectivity index (χ0) is 15.3. The van der Waals surface area contributed by atoms with Gasteiger partial charge in [-0.15, -0.1) is 0 Å². The van der Waals surface area contributed by atoms with Crippen LogP contribution in [-0.2, 0) is 6.42 Å². The van der Waals surface area contributed by atoms with Gasteiger partial charge in [0.2, 0.25) is 0 Å². The van der Waals surface area contributed by atoms with Gasteiger partial charge >= 0.3 is 0 Å². The average molecular weight is 326 g/mol. The molecule has 0 heterocycles. The lowest BCUT2D eigenvalue weighted by Gasteiger charge is -2.35. The highest BCUT2D eigenvalue weighted by molar-refractivity contribution is 6.33. The Kier molecular flexibility index (Phi) is 4.05. The first-order chi connectivity index (χ1) is 9.76. The summed E-state index contributed by atoms with van der Waals surface area (Å²) in [6.07, 6.45) is 5.16. The smallest absolute Gasteiger partial charge is 0.0439 e. The van der Waals surface area contributed by atoms with E-state index >= 15 is 0 Å². The minimum Gasteiger partial charge on any atom is -0.312 e. The maximum atomic E-state index is 6.40. The van der Waals surface area contributed by atoms with E-state index in [-0.39, 0.29) is 5.54 Å². The molecular formula is C18H25Cl2N. The van der Waals surface area contributed by atoms with E-state index in [4.69, 9.17) is 23.2 Å². The molecule has 2 aliphatic carbocycles.